The number of hydrogen-bond donors (Lipinski definition) is 1. The molecule has 0 radical (unpaired) electrons. The van der Waals surface area contributed by atoms with Gasteiger partial charge in [-0.3, -0.25) is 9.59 Å². The molecule has 7 nitrogen and oxygen atoms in total. The van der Waals surface area contributed by atoms with E-state index in [-0.39, 0.29) is 18.0 Å². The van der Waals surface area contributed by atoms with E-state index >= 15 is 0 Å². The Bertz CT molecular complexity index is 1010. The van der Waals surface area contributed by atoms with Gasteiger partial charge in [0.2, 0.25) is 16.0 Å². The number of thioether (sulfide) groups is 1. The van der Waals surface area contributed by atoms with Crippen LogP contribution in [0.4, 0.5) is 10.8 Å². The normalized spacial score (nSPS) is 10.9. The molecule has 0 unspecified atom stereocenters. The third kappa shape index (κ3) is 4.67. The Morgan fingerprint density at radius 1 is 1.37 bits per heavy atom. The second-order valence-corrected chi connectivity index (χ2v) is 7.86. The molecule has 1 aromatic carbocycles. The molecule has 0 aliphatic heterocycles. The van der Waals surface area contributed by atoms with Crippen molar-refractivity contribution in [3.8, 4) is 0 Å². The minimum absolute atomic E-state index is 0.125. The van der Waals surface area contributed by atoms with Crippen molar-refractivity contribution in [1.29, 1.82) is 0 Å². The van der Waals surface area contributed by atoms with Gasteiger partial charge in [0.05, 0.1) is 6.54 Å². The predicted octanol–water partition coefficient (Wildman–Crippen LogP) is 2.90. The van der Waals surface area contributed by atoms with E-state index in [1.54, 1.807) is 23.7 Å². The fourth-order valence-corrected chi connectivity index (χ4v) is 3.91. The van der Waals surface area contributed by atoms with Gasteiger partial charge in [0.15, 0.2) is 0 Å². The summed E-state index contributed by atoms with van der Waals surface area (Å²) >= 11 is 2.92. The number of aromatic nitrogens is 3. The topological polar surface area (TPSA) is 79.6 Å². The van der Waals surface area contributed by atoms with E-state index < -0.39 is 0 Å². The number of aryl methyl sites for hydroxylation is 1. The first-order valence-electron chi connectivity index (χ1n) is 8.55. The zero-order valence-electron chi connectivity index (χ0n) is 15.4. The summed E-state index contributed by atoms with van der Waals surface area (Å²) in [5, 5.41) is 7.76. The molecule has 1 amide bonds. The summed E-state index contributed by atoms with van der Waals surface area (Å²) in [6.07, 6.45) is 3.67. The Morgan fingerprint density at radius 2 is 2.19 bits per heavy atom. The lowest BCUT2D eigenvalue weighted by Gasteiger charge is -2.14. The summed E-state index contributed by atoms with van der Waals surface area (Å²) in [7, 11) is 1.77. The van der Waals surface area contributed by atoms with Gasteiger partial charge in [0.1, 0.15) is 0 Å². The van der Waals surface area contributed by atoms with E-state index in [4.69, 9.17) is 0 Å². The first-order chi connectivity index (χ1) is 13.0. The molecule has 27 heavy (non-hydrogen) atoms. The molecule has 0 fully saturated rings. The number of rotatable bonds is 7. The van der Waals surface area contributed by atoms with Gasteiger partial charge in [-0.1, -0.05) is 30.7 Å². The summed E-state index contributed by atoms with van der Waals surface area (Å²) in [5.41, 5.74) is 1.33. The van der Waals surface area contributed by atoms with Crippen molar-refractivity contribution in [3.05, 3.63) is 46.4 Å². The summed E-state index contributed by atoms with van der Waals surface area (Å²) in [6, 6.07) is 9.20. The summed E-state index contributed by atoms with van der Waals surface area (Å²) in [4.78, 5) is 32.4. The average Bonchev–Trinajstić information content (AvgIpc) is 3.07. The molecular weight excluding hydrogens is 382 g/mol. The van der Waals surface area contributed by atoms with E-state index in [0.29, 0.717) is 10.1 Å². The van der Waals surface area contributed by atoms with Crippen LogP contribution in [0.3, 0.4) is 0 Å². The lowest BCUT2D eigenvalue weighted by Crippen LogP contribution is -2.30. The molecule has 0 spiro atoms. The standard InChI is InChI=1S/C18H21N5O2S2/c1-4-6-12-10-16(25)23-17(20-12)27-18(21-23)22(2)11-15(24)19-13-7-5-8-14(9-13)26-3/h5,7-10H,4,6,11H2,1-3H3,(H,19,24). The van der Waals surface area contributed by atoms with Gasteiger partial charge in [-0.15, -0.1) is 16.9 Å². The fourth-order valence-electron chi connectivity index (χ4n) is 2.57. The van der Waals surface area contributed by atoms with Crippen LogP contribution in [0.5, 0.6) is 0 Å². The van der Waals surface area contributed by atoms with E-state index in [1.807, 2.05) is 37.4 Å². The van der Waals surface area contributed by atoms with E-state index in [2.05, 4.69) is 15.4 Å². The SMILES string of the molecule is CCCc1cc(=O)n2nc(N(C)CC(=O)Nc3cccc(SC)c3)sc2n1. The molecule has 0 saturated carbocycles. The molecule has 3 aromatic rings. The first kappa shape index (κ1) is 19.4. The van der Waals surface area contributed by atoms with Crippen LogP contribution in [0.1, 0.15) is 19.0 Å². The summed E-state index contributed by atoms with van der Waals surface area (Å²) in [6.45, 7) is 2.17. The van der Waals surface area contributed by atoms with Crippen molar-refractivity contribution in [2.45, 2.75) is 24.7 Å². The number of fused-ring (bicyclic) bond motifs is 1. The highest BCUT2D eigenvalue weighted by molar-refractivity contribution is 7.98. The number of likely N-dealkylation sites (N-methyl/N-ethyl adjacent to an activating group) is 1. The third-order valence-electron chi connectivity index (χ3n) is 3.85. The molecule has 0 aliphatic carbocycles. The van der Waals surface area contributed by atoms with Gasteiger partial charge in [-0.25, -0.2) is 4.98 Å². The Kier molecular flexibility index (Phi) is 6.12. The maximum Gasteiger partial charge on any atom is 0.275 e. The van der Waals surface area contributed by atoms with Crippen LogP contribution in [0.25, 0.3) is 4.96 Å². The van der Waals surface area contributed by atoms with Crippen molar-refractivity contribution < 1.29 is 4.79 Å². The van der Waals surface area contributed by atoms with Crippen molar-refractivity contribution in [2.24, 2.45) is 0 Å². The zero-order valence-corrected chi connectivity index (χ0v) is 17.1. The van der Waals surface area contributed by atoms with Gasteiger partial charge in [0, 0.05) is 29.4 Å². The number of hydrogen-bond acceptors (Lipinski definition) is 7. The molecule has 0 aliphatic rings. The van der Waals surface area contributed by atoms with Crippen molar-refractivity contribution in [2.75, 3.05) is 30.1 Å². The second kappa shape index (κ2) is 8.53. The van der Waals surface area contributed by atoms with Gasteiger partial charge in [-0.05, 0) is 30.9 Å². The molecular formula is C18H21N5O2S2. The quantitative estimate of drug-likeness (QED) is 0.611. The highest BCUT2D eigenvalue weighted by atomic mass is 32.2. The van der Waals surface area contributed by atoms with E-state index in [9.17, 15) is 9.59 Å². The number of carbonyl (C=O) groups is 1. The average molecular weight is 404 g/mol. The number of benzene rings is 1. The second-order valence-electron chi connectivity index (χ2n) is 6.05. The van der Waals surface area contributed by atoms with E-state index in [0.717, 1.165) is 29.1 Å². The molecule has 1 N–H and O–H groups in total. The van der Waals surface area contributed by atoms with Crippen LogP contribution in [0, 0.1) is 0 Å². The fraction of sp³-hybridized carbons (Fsp3) is 0.333. The highest BCUT2D eigenvalue weighted by Crippen LogP contribution is 2.21. The Morgan fingerprint density at radius 3 is 2.93 bits per heavy atom. The maximum absolute atomic E-state index is 12.4. The number of nitrogens with zero attached hydrogens (tertiary/aromatic N) is 4. The van der Waals surface area contributed by atoms with Crippen LogP contribution < -0.4 is 15.8 Å². The van der Waals surface area contributed by atoms with Gasteiger partial charge in [0.25, 0.3) is 5.56 Å². The monoisotopic (exact) mass is 403 g/mol. The predicted molar refractivity (Wildman–Crippen MR) is 111 cm³/mol. The van der Waals surface area contributed by atoms with Crippen LogP contribution in [0.2, 0.25) is 0 Å². The van der Waals surface area contributed by atoms with Crippen molar-refractivity contribution in [1.82, 2.24) is 14.6 Å². The molecule has 3 rings (SSSR count). The molecule has 0 atom stereocenters. The number of carbonyl (C=O) groups excluding carboxylic acids is 1. The lowest BCUT2D eigenvalue weighted by molar-refractivity contribution is -0.114. The largest absolute Gasteiger partial charge is 0.340 e. The number of anilines is 2. The van der Waals surface area contributed by atoms with Gasteiger partial charge < -0.3 is 10.2 Å². The number of amides is 1. The minimum atomic E-state index is -0.197. The molecule has 9 heteroatoms. The zero-order chi connectivity index (χ0) is 19.4. The molecule has 0 saturated heterocycles. The van der Waals surface area contributed by atoms with Crippen LogP contribution >= 0.6 is 23.1 Å². The summed E-state index contributed by atoms with van der Waals surface area (Å²) in [5.74, 6) is -0.151. The van der Waals surface area contributed by atoms with Crippen LogP contribution in [-0.2, 0) is 11.2 Å². The lowest BCUT2D eigenvalue weighted by atomic mass is 10.2. The molecule has 142 valence electrons. The smallest absolute Gasteiger partial charge is 0.275 e. The van der Waals surface area contributed by atoms with Crippen molar-refractivity contribution >= 4 is 44.8 Å². The Labute approximate surface area is 165 Å². The Hall–Kier alpha value is -2.39. The summed E-state index contributed by atoms with van der Waals surface area (Å²) < 4.78 is 1.29. The third-order valence-corrected chi connectivity index (χ3v) is 5.60. The number of nitrogens with one attached hydrogen (secondary N) is 1. The van der Waals surface area contributed by atoms with Crippen molar-refractivity contribution in [3.63, 3.8) is 0 Å². The first-order valence-corrected chi connectivity index (χ1v) is 10.6. The van der Waals surface area contributed by atoms with Crippen LogP contribution in [-0.4, -0.2) is 40.4 Å². The molecule has 0 bridgehead atoms. The maximum atomic E-state index is 12.4. The highest BCUT2D eigenvalue weighted by Gasteiger charge is 2.15. The van der Waals surface area contributed by atoms with E-state index in [1.165, 1.54) is 21.9 Å². The molecule has 2 heterocycles. The Balaban J connectivity index is 1.73. The van der Waals surface area contributed by atoms with Gasteiger partial charge in [-0.2, -0.15) is 4.52 Å². The van der Waals surface area contributed by atoms with Crippen LogP contribution in [0.15, 0.2) is 40.0 Å². The van der Waals surface area contributed by atoms with Gasteiger partial charge >= 0.3 is 0 Å². The minimum Gasteiger partial charge on any atom is -0.340 e. The molecule has 2 aromatic heterocycles.